The summed E-state index contributed by atoms with van der Waals surface area (Å²) in [5, 5.41) is 3.12. The molecule has 0 aliphatic carbocycles. The van der Waals surface area contributed by atoms with Gasteiger partial charge in [-0.15, -0.1) is 24.0 Å². The monoisotopic (exact) mass is 402 g/mol. The minimum atomic E-state index is 0. The third-order valence-corrected chi connectivity index (χ3v) is 2.94. The Kier molecular flexibility index (Phi) is 10.7. The van der Waals surface area contributed by atoms with E-state index < -0.39 is 0 Å². The second kappa shape index (κ2) is 11.4. The lowest BCUT2D eigenvalue weighted by atomic mass is 10.2. The first kappa shape index (κ1) is 19.8. The maximum absolute atomic E-state index is 5.74. The lowest BCUT2D eigenvalue weighted by Crippen LogP contribution is -2.33. The lowest BCUT2D eigenvalue weighted by molar-refractivity contribution is 0.696. The zero-order valence-electron chi connectivity index (χ0n) is 13.0. The van der Waals surface area contributed by atoms with Crippen molar-refractivity contribution in [2.45, 2.75) is 19.8 Å². The van der Waals surface area contributed by atoms with E-state index in [-0.39, 0.29) is 24.0 Å². The van der Waals surface area contributed by atoms with Gasteiger partial charge in [0, 0.05) is 25.8 Å². The minimum Gasteiger partial charge on any atom is -0.375 e. The summed E-state index contributed by atoms with van der Waals surface area (Å²) in [6.45, 7) is 8.21. The maximum atomic E-state index is 5.74. The second-order valence-corrected chi connectivity index (χ2v) is 5.05. The normalized spacial score (nSPS) is 10.7. The molecule has 0 radical (unpaired) electrons. The molecule has 1 rings (SSSR count). The van der Waals surface area contributed by atoms with Gasteiger partial charge in [-0.05, 0) is 31.9 Å². The van der Waals surface area contributed by atoms with Crippen LogP contribution >= 0.6 is 24.0 Å². The van der Waals surface area contributed by atoms with Gasteiger partial charge in [0.2, 0.25) is 0 Å². The molecule has 118 valence electrons. The fraction of sp³-hybridized carbons (Fsp3) is 0.438. The van der Waals surface area contributed by atoms with E-state index >= 15 is 0 Å². The fourth-order valence-electron chi connectivity index (χ4n) is 1.78. The van der Waals surface area contributed by atoms with Gasteiger partial charge in [-0.2, -0.15) is 0 Å². The van der Waals surface area contributed by atoms with Gasteiger partial charge in [-0.3, -0.25) is 0 Å². The Bertz CT molecular complexity index is 431. The quantitative estimate of drug-likeness (QED) is 0.231. The summed E-state index contributed by atoms with van der Waals surface area (Å²) in [4.78, 5) is 6.44. The molecule has 0 saturated heterocycles. The first-order valence-electron chi connectivity index (χ1n) is 7.04. The van der Waals surface area contributed by atoms with Crippen molar-refractivity contribution in [1.82, 2.24) is 5.32 Å². The molecule has 0 fully saturated rings. The van der Waals surface area contributed by atoms with E-state index in [4.69, 9.17) is 5.73 Å². The number of unbranched alkanes of at least 4 members (excludes halogenated alkanes) is 1. The summed E-state index contributed by atoms with van der Waals surface area (Å²) in [7, 11) is 2.12. The molecule has 0 unspecified atom stereocenters. The van der Waals surface area contributed by atoms with E-state index in [1.54, 1.807) is 0 Å². The number of nitrogens with zero attached hydrogens (tertiary/aromatic N) is 2. The number of guanidine groups is 1. The number of halogens is 1. The highest BCUT2D eigenvalue weighted by atomic mass is 127. The minimum absolute atomic E-state index is 0. The van der Waals surface area contributed by atoms with Crippen LogP contribution in [0.5, 0.6) is 0 Å². The average Bonchev–Trinajstić information content (AvgIpc) is 2.45. The molecule has 3 N–H and O–H groups in total. The van der Waals surface area contributed by atoms with Crippen LogP contribution in [-0.2, 0) is 0 Å². The summed E-state index contributed by atoms with van der Waals surface area (Å²) in [6, 6.07) is 10.4. The van der Waals surface area contributed by atoms with Crippen molar-refractivity contribution in [3.63, 3.8) is 0 Å². The van der Waals surface area contributed by atoms with Gasteiger partial charge in [-0.1, -0.05) is 30.4 Å². The third kappa shape index (κ3) is 9.33. The van der Waals surface area contributed by atoms with Gasteiger partial charge in [0.25, 0.3) is 0 Å². The Hall–Kier alpha value is -1.24. The number of rotatable bonds is 8. The Morgan fingerprint density at radius 1 is 1.29 bits per heavy atom. The number of benzene rings is 1. The van der Waals surface area contributed by atoms with Gasteiger partial charge >= 0.3 is 0 Å². The van der Waals surface area contributed by atoms with Gasteiger partial charge in [-0.25, -0.2) is 4.99 Å². The van der Waals surface area contributed by atoms with E-state index in [0.717, 1.165) is 31.5 Å². The molecule has 0 aliphatic rings. The van der Waals surface area contributed by atoms with Crippen molar-refractivity contribution in [1.29, 1.82) is 0 Å². The maximum Gasteiger partial charge on any atom is 0.188 e. The number of hydrogen-bond donors (Lipinski definition) is 2. The molecule has 1 aromatic carbocycles. The van der Waals surface area contributed by atoms with E-state index in [0.29, 0.717) is 12.5 Å². The molecule has 5 heteroatoms. The molecule has 0 bridgehead atoms. The van der Waals surface area contributed by atoms with Crippen molar-refractivity contribution in [3.8, 4) is 0 Å². The summed E-state index contributed by atoms with van der Waals surface area (Å²) in [6.07, 6.45) is 2.19. The van der Waals surface area contributed by atoms with Gasteiger partial charge in [0.15, 0.2) is 5.96 Å². The van der Waals surface area contributed by atoms with Crippen LogP contribution in [0.4, 0.5) is 5.69 Å². The Morgan fingerprint density at radius 2 is 1.95 bits per heavy atom. The molecule has 0 aromatic heterocycles. The predicted molar refractivity (Wildman–Crippen MR) is 104 cm³/mol. The third-order valence-electron chi connectivity index (χ3n) is 2.94. The van der Waals surface area contributed by atoms with E-state index in [9.17, 15) is 0 Å². The summed E-state index contributed by atoms with van der Waals surface area (Å²) in [5.41, 5.74) is 8.01. The SMILES string of the molecule is C=C(C)CN=C(N)NCCCCN(C)c1ccccc1.I. The molecule has 0 saturated carbocycles. The fourth-order valence-corrected chi connectivity index (χ4v) is 1.78. The summed E-state index contributed by atoms with van der Waals surface area (Å²) < 4.78 is 0. The highest BCUT2D eigenvalue weighted by Gasteiger charge is 1.99. The lowest BCUT2D eigenvalue weighted by Gasteiger charge is -2.19. The zero-order valence-corrected chi connectivity index (χ0v) is 15.3. The standard InChI is InChI=1S/C16H26N4.HI/c1-14(2)13-19-16(17)18-11-7-8-12-20(3)15-9-5-4-6-10-15;/h4-6,9-10H,1,7-8,11-13H2,2-3H3,(H3,17,18,19);1H. The van der Waals surface area contributed by atoms with Crippen molar-refractivity contribution >= 4 is 35.6 Å². The first-order valence-corrected chi connectivity index (χ1v) is 7.04. The van der Waals surface area contributed by atoms with Crippen LogP contribution in [0.1, 0.15) is 19.8 Å². The second-order valence-electron chi connectivity index (χ2n) is 5.05. The summed E-state index contributed by atoms with van der Waals surface area (Å²) >= 11 is 0. The highest BCUT2D eigenvalue weighted by molar-refractivity contribution is 14.0. The largest absolute Gasteiger partial charge is 0.375 e. The smallest absolute Gasteiger partial charge is 0.188 e. The Balaban J connectivity index is 0.00000400. The molecule has 0 aliphatic heterocycles. The van der Waals surface area contributed by atoms with E-state index in [2.05, 4.69) is 53.1 Å². The van der Waals surface area contributed by atoms with Crippen LogP contribution in [0.15, 0.2) is 47.5 Å². The number of nitrogens with two attached hydrogens (primary N) is 1. The molecule has 0 amide bonds. The Labute approximate surface area is 145 Å². The van der Waals surface area contributed by atoms with Crippen molar-refractivity contribution < 1.29 is 0 Å². The number of anilines is 1. The molecule has 1 aromatic rings. The molecule has 0 spiro atoms. The molecular formula is C16H27IN4. The van der Waals surface area contributed by atoms with Gasteiger partial charge in [0.1, 0.15) is 0 Å². The first-order chi connectivity index (χ1) is 9.59. The van der Waals surface area contributed by atoms with E-state index in [1.807, 2.05) is 13.0 Å². The molecular weight excluding hydrogens is 375 g/mol. The van der Waals surface area contributed by atoms with Gasteiger partial charge in [0.05, 0.1) is 6.54 Å². The van der Waals surface area contributed by atoms with Crippen LogP contribution in [0.25, 0.3) is 0 Å². The van der Waals surface area contributed by atoms with Crippen molar-refractivity contribution in [3.05, 3.63) is 42.5 Å². The molecule has 0 atom stereocenters. The van der Waals surface area contributed by atoms with Crippen LogP contribution in [-0.4, -0.2) is 32.6 Å². The number of aliphatic imine (C=N–C) groups is 1. The Morgan fingerprint density at radius 3 is 2.57 bits per heavy atom. The topological polar surface area (TPSA) is 53.6 Å². The number of hydrogen-bond acceptors (Lipinski definition) is 2. The van der Waals surface area contributed by atoms with E-state index in [1.165, 1.54) is 5.69 Å². The van der Waals surface area contributed by atoms with Crippen LogP contribution in [0.2, 0.25) is 0 Å². The summed E-state index contributed by atoms with van der Waals surface area (Å²) in [5.74, 6) is 0.504. The van der Waals surface area contributed by atoms with Crippen LogP contribution in [0, 0.1) is 0 Å². The zero-order chi connectivity index (χ0) is 14.8. The van der Waals surface area contributed by atoms with Gasteiger partial charge < -0.3 is 16.0 Å². The highest BCUT2D eigenvalue weighted by Crippen LogP contribution is 2.11. The molecule has 0 heterocycles. The van der Waals surface area contributed by atoms with Crippen molar-refractivity contribution in [2.75, 3.05) is 31.6 Å². The number of nitrogens with one attached hydrogen (secondary N) is 1. The van der Waals surface area contributed by atoms with Crippen LogP contribution < -0.4 is 16.0 Å². The molecule has 4 nitrogen and oxygen atoms in total. The average molecular weight is 402 g/mol. The van der Waals surface area contributed by atoms with Crippen LogP contribution in [0.3, 0.4) is 0 Å². The number of para-hydroxylation sites is 1. The predicted octanol–water partition coefficient (Wildman–Crippen LogP) is 3.00. The molecule has 21 heavy (non-hydrogen) atoms. The van der Waals surface area contributed by atoms with Crippen molar-refractivity contribution in [2.24, 2.45) is 10.7 Å².